The molecule has 0 bridgehead atoms. The number of carbonyl (C=O) groups excluding carboxylic acids is 2. The smallest absolute Gasteiger partial charge is 0.302 e. The number of likely N-dealkylation sites (N-methyl/N-ethyl adjacent to an activating group) is 1. The molecule has 88 valence electrons. The number of ether oxygens (including phenoxy) is 1. The van der Waals surface area contributed by atoms with Crippen LogP contribution in [0.4, 0.5) is 0 Å². The lowest BCUT2D eigenvalue weighted by Crippen LogP contribution is -2.25. The fourth-order valence-electron chi connectivity index (χ4n) is 0.910. The molecule has 0 unspecified atom stereocenters. The highest BCUT2D eigenvalue weighted by atomic mass is 16.5. The molecule has 0 radical (unpaired) electrons. The largest absolute Gasteiger partial charge is 0.466 e. The third kappa shape index (κ3) is 7.56. The summed E-state index contributed by atoms with van der Waals surface area (Å²) in [5, 5.41) is 8.34. The molecule has 0 rings (SSSR count). The summed E-state index contributed by atoms with van der Waals surface area (Å²) in [6.45, 7) is 2.04. The highest BCUT2D eigenvalue weighted by Crippen LogP contribution is 1.92. The predicted molar refractivity (Wildman–Crippen MR) is 58.3 cm³/mol. The van der Waals surface area contributed by atoms with E-state index in [1.54, 1.807) is 13.1 Å². The fourth-order valence-corrected chi connectivity index (χ4v) is 0.910. The van der Waals surface area contributed by atoms with Gasteiger partial charge in [0.05, 0.1) is 19.1 Å². The highest BCUT2D eigenvalue weighted by Gasteiger charge is 2.02. The van der Waals surface area contributed by atoms with Crippen molar-refractivity contribution in [1.29, 1.82) is 5.26 Å². The average molecular weight is 224 g/mol. The summed E-state index contributed by atoms with van der Waals surface area (Å²) >= 11 is 0. The summed E-state index contributed by atoms with van der Waals surface area (Å²) in [4.78, 5) is 23.2. The van der Waals surface area contributed by atoms with Crippen molar-refractivity contribution < 1.29 is 14.3 Å². The van der Waals surface area contributed by atoms with E-state index in [-0.39, 0.29) is 18.5 Å². The lowest BCUT2D eigenvalue weighted by atomic mass is 10.3. The number of hydrogen-bond donors (Lipinski definition) is 0. The van der Waals surface area contributed by atoms with Crippen molar-refractivity contribution in [3.63, 3.8) is 0 Å². The lowest BCUT2D eigenvalue weighted by Gasteiger charge is -2.12. The van der Waals surface area contributed by atoms with Crippen molar-refractivity contribution >= 4 is 11.9 Å². The van der Waals surface area contributed by atoms with Crippen molar-refractivity contribution in [3.8, 4) is 6.07 Å². The second kappa shape index (κ2) is 8.48. The fraction of sp³-hybridized carbons (Fsp3) is 0.545. The molecule has 0 spiro atoms. The number of esters is 1. The second-order valence-corrected chi connectivity index (χ2v) is 3.20. The Morgan fingerprint density at radius 2 is 2.19 bits per heavy atom. The Balaban J connectivity index is 3.73. The van der Waals surface area contributed by atoms with Crippen LogP contribution >= 0.6 is 0 Å². The van der Waals surface area contributed by atoms with Gasteiger partial charge in [0.25, 0.3) is 0 Å². The Bertz CT molecular complexity index is 305. The molecule has 16 heavy (non-hydrogen) atoms. The van der Waals surface area contributed by atoms with Gasteiger partial charge in [0, 0.05) is 26.9 Å². The SMILES string of the molecule is CC(=O)OCC/C=C/C(=O)N(C)CCC#N. The third-order valence-corrected chi connectivity index (χ3v) is 1.79. The van der Waals surface area contributed by atoms with E-state index in [4.69, 9.17) is 10.00 Å². The minimum Gasteiger partial charge on any atom is -0.466 e. The van der Waals surface area contributed by atoms with Gasteiger partial charge in [-0.2, -0.15) is 5.26 Å². The molecular weight excluding hydrogens is 208 g/mol. The van der Waals surface area contributed by atoms with Crippen LogP contribution in [0.5, 0.6) is 0 Å². The van der Waals surface area contributed by atoms with Crippen LogP contribution in [-0.4, -0.2) is 37.0 Å². The molecule has 0 saturated heterocycles. The van der Waals surface area contributed by atoms with Crippen LogP contribution in [-0.2, 0) is 14.3 Å². The first-order valence-electron chi connectivity index (χ1n) is 5.00. The summed E-state index contributed by atoms with van der Waals surface area (Å²) in [5.74, 6) is -0.482. The van der Waals surface area contributed by atoms with Gasteiger partial charge in [-0.15, -0.1) is 0 Å². The number of hydrogen-bond acceptors (Lipinski definition) is 4. The Morgan fingerprint density at radius 1 is 1.50 bits per heavy atom. The van der Waals surface area contributed by atoms with Gasteiger partial charge in [-0.3, -0.25) is 9.59 Å². The average Bonchev–Trinajstić information content (AvgIpc) is 2.24. The summed E-state index contributed by atoms with van der Waals surface area (Å²) in [6.07, 6.45) is 3.90. The van der Waals surface area contributed by atoms with Gasteiger partial charge in [0.2, 0.25) is 5.91 Å². The minimum atomic E-state index is -0.328. The van der Waals surface area contributed by atoms with Crippen LogP contribution in [0.15, 0.2) is 12.2 Å². The minimum absolute atomic E-state index is 0.155. The molecule has 0 aliphatic heterocycles. The monoisotopic (exact) mass is 224 g/mol. The van der Waals surface area contributed by atoms with Gasteiger partial charge < -0.3 is 9.64 Å². The number of carbonyl (C=O) groups is 2. The van der Waals surface area contributed by atoms with Crippen LogP contribution in [0.3, 0.4) is 0 Å². The normalized spacial score (nSPS) is 9.81. The molecule has 5 heteroatoms. The van der Waals surface area contributed by atoms with Gasteiger partial charge in [-0.05, 0) is 6.08 Å². The summed E-state index contributed by atoms with van der Waals surface area (Å²) in [7, 11) is 1.64. The van der Waals surface area contributed by atoms with E-state index in [0.29, 0.717) is 19.4 Å². The number of nitrogens with zero attached hydrogens (tertiary/aromatic N) is 2. The van der Waals surface area contributed by atoms with Crippen molar-refractivity contribution in [2.75, 3.05) is 20.2 Å². The Morgan fingerprint density at radius 3 is 2.75 bits per heavy atom. The van der Waals surface area contributed by atoms with Gasteiger partial charge in [-0.25, -0.2) is 0 Å². The number of amides is 1. The summed E-state index contributed by atoms with van der Waals surface area (Å²) < 4.78 is 4.69. The highest BCUT2D eigenvalue weighted by molar-refractivity contribution is 5.87. The molecule has 0 aromatic rings. The van der Waals surface area contributed by atoms with Crippen LogP contribution < -0.4 is 0 Å². The Kier molecular flexibility index (Phi) is 7.51. The quantitative estimate of drug-likeness (QED) is 0.381. The number of rotatable bonds is 6. The van der Waals surface area contributed by atoms with Crippen molar-refractivity contribution in [3.05, 3.63) is 12.2 Å². The molecule has 0 heterocycles. The topological polar surface area (TPSA) is 70.4 Å². The Labute approximate surface area is 95.3 Å². The molecule has 1 amide bonds. The molecular formula is C11H16N2O3. The first-order valence-corrected chi connectivity index (χ1v) is 5.00. The van der Waals surface area contributed by atoms with Gasteiger partial charge in [-0.1, -0.05) is 6.08 Å². The molecule has 0 aromatic heterocycles. The predicted octanol–water partition coefficient (Wildman–Crippen LogP) is 0.868. The molecule has 0 fully saturated rings. The zero-order valence-electron chi connectivity index (χ0n) is 9.60. The van der Waals surface area contributed by atoms with Crippen molar-refractivity contribution in [2.45, 2.75) is 19.8 Å². The molecule has 0 atom stereocenters. The number of nitriles is 1. The van der Waals surface area contributed by atoms with Crippen LogP contribution in [0.1, 0.15) is 19.8 Å². The molecule has 0 aliphatic rings. The van der Waals surface area contributed by atoms with Crippen molar-refractivity contribution in [2.24, 2.45) is 0 Å². The van der Waals surface area contributed by atoms with E-state index in [1.807, 2.05) is 6.07 Å². The Hall–Kier alpha value is -1.83. The van der Waals surface area contributed by atoms with Crippen LogP contribution in [0, 0.1) is 11.3 Å². The van der Waals surface area contributed by atoms with Gasteiger partial charge in [0.1, 0.15) is 0 Å². The van der Waals surface area contributed by atoms with E-state index < -0.39 is 0 Å². The lowest BCUT2D eigenvalue weighted by molar-refractivity contribution is -0.140. The van der Waals surface area contributed by atoms with E-state index in [2.05, 4.69) is 0 Å². The maximum absolute atomic E-state index is 11.4. The first kappa shape index (κ1) is 14.2. The molecule has 5 nitrogen and oxygen atoms in total. The maximum atomic E-state index is 11.4. The van der Waals surface area contributed by atoms with Gasteiger partial charge in [0.15, 0.2) is 0 Å². The van der Waals surface area contributed by atoms with Gasteiger partial charge >= 0.3 is 5.97 Å². The summed E-state index contributed by atoms with van der Waals surface area (Å²) in [5.41, 5.74) is 0. The first-order chi connectivity index (χ1) is 7.57. The van der Waals surface area contributed by atoms with E-state index in [1.165, 1.54) is 17.9 Å². The standard InChI is InChI=1S/C11H16N2O3/c1-10(14)16-9-4-3-6-11(15)13(2)8-5-7-12/h3,6H,4-5,8-9H2,1-2H3/b6-3+. The summed E-state index contributed by atoms with van der Waals surface area (Å²) in [6, 6.07) is 1.97. The van der Waals surface area contributed by atoms with Crippen LogP contribution in [0.25, 0.3) is 0 Å². The zero-order chi connectivity index (χ0) is 12.4. The van der Waals surface area contributed by atoms with Crippen molar-refractivity contribution in [1.82, 2.24) is 4.90 Å². The van der Waals surface area contributed by atoms with E-state index in [9.17, 15) is 9.59 Å². The maximum Gasteiger partial charge on any atom is 0.302 e. The molecule has 0 aromatic carbocycles. The third-order valence-electron chi connectivity index (χ3n) is 1.79. The van der Waals surface area contributed by atoms with E-state index >= 15 is 0 Å². The van der Waals surface area contributed by atoms with Crippen LogP contribution in [0.2, 0.25) is 0 Å². The zero-order valence-corrected chi connectivity index (χ0v) is 9.60. The molecule has 0 N–H and O–H groups in total. The van der Waals surface area contributed by atoms with E-state index in [0.717, 1.165) is 0 Å². The molecule has 0 aliphatic carbocycles. The second-order valence-electron chi connectivity index (χ2n) is 3.20. The molecule has 0 saturated carbocycles.